The van der Waals surface area contributed by atoms with E-state index in [1.165, 1.54) is 0 Å². The van der Waals surface area contributed by atoms with Gasteiger partial charge in [0, 0.05) is 16.7 Å². The molecule has 1 rings (SSSR count). The average Bonchev–Trinajstić information content (AvgIpc) is 2.05. The zero-order valence-electron chi connectivity index (χ0n) is 5.88. The molecule has 1 atom stereocenters. The van der Waals surface area contributed by atoms with Crippen molar-refractivity contribution in [1.82, 2.24) is 0 Å². The van der Waals surface area contributed by atoms with Crippen molar-refractivity contribution in [2.24, 2.45) is 0 Å². The summed E-state index contributed by atoms with van der Waals surface area (Å²) < 4.78 is 0. The highest BCUT2D eigenvalue weighted by molar-refractivity contribution is 7.18. The molecule has 0 N–H and O–H groups in total. The number of rotatable bonds is 2. The standard InChI is InChI=1S/C8H8ClOP/c9-7-3-1-6(2-4-7)8(10)5-11/h1-4H,5,11H2. The Balaban J connectivity index is 2.90. The van der Waals surface area contributed by atoms with Gasteiger partial charge in [0.1, 0.15) is 0 Å². The van der Waals surface area contributed by atoms with Gasteiger partial charge in [-0.25, -0.2) is 0 Å². The summed E-state index contributed by atoms with van der Waals surface area (Å²) in [6.45, 7) is 0. The van der Waals surface area contributed by atoms with Crippen molar-refractivity contribution in [1.29, 1.82) is 0 Å². The minimum absolute atomic E-state index is 0.117. The highest BCUT2D eigenvalue weighted by Gasteiger charge is 2.00. The Morgan fingerprint density at radius 1 is 1.36 bits per heavy atom. The summed E-state index contributed by atoms with van der Waals surface area (Å²) in [6, 6.07) is 6.90. The zero-order valence-corrected chi connectivity index (χ0v) is 7.79. The summed E-state index contributed by atoms with van der Waals surface area (Å²) in [5, 5.41) is 0.658. The van der Waals surface area contributed by atoms with E-state index in [2.05, 4.69) is 9.24 Å². The van der Waals surface area contributed by atoms with E-state index in [1.807, 2.05) is 0 Å². The number of ketones is 1. The van der Waals surface area contributed by atoms with Crippen molar-refractivity contribution in [3.05, 3.63) is 34.9 Å². The molecule has 0 saturated heterocycles. The van der Waals surface area contributed by atoms with Gasteiger partial charge in [0.05, 0.1) is 0 Å². The lowest BCUT2D eigenvalue weighted by Gasteiger charge is -1.95. The Morgan fingerprint density at radius 2 is 1.91 bits per heavy atom. The molecule has 1 aromatic carbocycles. The van der Waals surface area contributed by atoms with Crippen LogP contribution in [0.15, 0.2) is 24.3 Å². The van der Waals surface area contributed by atoms with E-state index in [-0.39, 0.29) is 5.78 Å². The van der Waals surface area contributed by atoms with E-state index in [9.17, 15) is 4.79 Å². The predicted molar refractivity (Wildman–Crippen MR) is 50.4 cm³/mol. The summed E-state index contributed by atoms with van der Waals surface area (Å²) in [6.07, 6.45) is 0.460. The molecule has 0 aliphatic heterocycles. The summed E-state index contributed by atoms with van der Waals surface area (Å²) >= 11 is 5.64. The molecule has 3 heteroatoms. The minimum atomic E-state index is 0.117. The second-order valence-corrected chi connectivity index (χ2v) is 2.98. The molecule has 0 fully saturated rings. The Morgan fingerprint density at radius 3 is 2.36 bits per heavy atom. The third-order valence-electron chi connectivity index (χ3n) is 1.35. The monoisotopic (exact) mass is 186 g/mol. The lowest BCUT2D eigenvalue weighted by molar-refractivity contribution is 0.102. The number of carbonyl (C=O) groups excluding carboxylic acids is 1. The lowest BCUT2D eigenvalue weighted by Crippen LogP contribution is -1.98. The first-order valence-corrected chi connectivity index (χ1v) is 4.42. The van der Waals surface area contributed by atoms with Gasteiger partial charge in [0.25, 0.3) is 0 Å². The van der Waals surface area contributed by atoms with Crippen molar-refractivity contribution in [2.75, 3.05) is 6.16 Å². The molecular formula is C8H8ClOP. The predicted octanol–water partition coefficient (Wildman–Crippen LogP) is 2.40. The summed E-state index contributed by atoms with van der Waals surface area (Å²) in [5.41, 5.74) is 0.712. The van der Waals surface area contributed by atoms with Crippen LogP contribution in [0.1, 0.15) is 10.4 Å². The first-order valence-electron chi connectivity index (χ1n) is 3.23. The number of halogens is 1. The number of Topliss-reactive ketones (excluding diaryl/α,β-unsaturated/α-hetero) is 1. The molecular weight excluding hydrogens is 179 g/mol. The van der Waals surface area contributed by atoms with Crippen LogP contribution >= 0.6 is 20.8 Å². The Labute approximate surface area is 73.0 Å². The molecule has 0 aliphatic carbocycles. The molecule has 0 aliphatic rings. The van der Waals surface area contributed by atoms with Crippen LogP contribution in [0, 0.1) is 0 Å². The fourth-order valence-electron chi connectivity index (χ4n) is 0.754. The van der Waals surface area contributed by atoms with Crippen LogP contribution in [-0.4, -0.2) is 11.9 Å². The SMILES string of the molecule is O=C(CP)c1ccc(Cl)cc1. The molecule has 0 aromatic heterocycles. The average molecular weight is 187 g/mol. The topological polar surface area (TPSA) is 17.1 Å². The van der Waals surface area contributed by atoms with Gasteiger partial charge in [-0.05, 0) is 24.3 Å². The van der Waals surface area contributed by atoms with Crippen LogP contribution in [0.2, 0.25) is 5.02 Å². The van der Waals surface area contributed by atoms with Gasteiger partial charge in [-0.15, -0.1) is 9.24 Å². The van der Waals surface area contributed by atoms with Gasteiger partial charge in [-0.2, -0.15) is 0 Å². The Bertz CT molecular complexity index is 255. The maximum atomic E-state index is 11.1. The van der Waals surface area contributed by atoms with Crippen LogP contribution < -0.4 is 0 Å². The normalized spacial score (nSPS) is 9.64. The van der Waals surface area contributed by atoms with Crippen molar-refractivity contribution >= 4 is 26.6 Å². The van der Waals surface area contributed by atoms with E-state index in [4.69, 9.17) is 11.6 Å². The Kier molecular flexibility index (Phi) is 3.04. The summed E-state index contributed by atoms with van der Waals surface area (Å²) in [7, 11) is 2.40. The first-order chi connectivity index (χ1) is 5.24. The summed E-state index contributed by atoms with van der Waals surface area (Å²) in [4.78, 5) is 11.1. The maximum absolute atomic E-state index is 11.1. The van der Waals surface area contributed by atoms with Crippen molar-refractivity contribution < 1.29 is 4.79 Å². The fraction of sp³-hybridized carbons (Fsp3) is 0.125. The van der Waals surface area contributed by atoms with E-state index < -0.39 is 0 Å². The number of carbonyl (C=O) groups is 1. The van der Waals surface area contributed by atoms with Crippen LogP contribution in [0.4, 0.5) is 0 Å². The molecule has 0 spiro atoms. The van der Waals surface area contributed by atoms with Gasteiger partial charge in [-0.1, -0.05) is 11.6 Å². The van der Waals surface area contributed by atoms with Crippen LogP contribution in [-0.2, 0) is 0 Å². The number of benzene rings is 1. The maximum Gasteiger partial charge on any atom is 0.166 e. The molecule has 0 amide bonds. The summed E-state index contributed by atoms with van der Waals surface area (Å²) in [5.74, 6) is 0.117. The first kappa shape index (κ1) is 8.70. The van der Waals surface area contributed by atoms with Crippen LogP contribution in [0.3, 0.4) is 0 Å². The van der Waals surface area contributed by atoms with Gasteiger partial charge in [-0.3, -0.25) is 4.79 Å². The molecule has 1 aromatic rings. The molecule has 0 bridgehead atoms. The second-order valence-electron chi connectivity index (χ2n) is 2.13. The van der Waals surface area contributed by atoms with E-state index in [0.29, 0.717) is 16.7 Å². The zero-order chi connectivity index (χ0) is 8.27. The fourth-order valence-corrected chi connectivity index (χ4v) is 1.12. The highest BCUT2D eigenvalue weighted by atomic mass is 35.5. The third-order valence-corrected chi connectivity index (χ3v) is 1.97. The van der Waals surface area contributed by atoms with E-state index in [1.54, 1.807) is 24.3 Å². The molecule has 1 unspecified atom stereocenters. The third kappa shape index (κ3) is 2.28. The van der Waals surface area contributed by atoms with Crippen molar-refractivity contribution in [3.8, 4) is 0 Å². The minimum Gasteiger partial charge on any atom is -0.294 e. The van der Waals surface area contributed by atoms with E-state index in [0.717, 1.165) is 0 Å². The molecule has 0 saturated carbocycles. The number of hydrogen-bond donors (Lipinski definition) is 0. The number of hydrogen-bond acceptors (Lipinski definition) is 1. The second kappa shape index (κ2) is 3.85. The molecule has 1 nitrogen and oxygen atoms in total. The molecule has 11 heavy (non-hydrogen) atoms. The molecule has 0 heterocycles. The largest absolute Gasteiger partial charge is 0.294 e. The van der Waals surface area contributed by atoms with Gasteiger partial charge in [0.15, 0.2) is 5.78 Å². The van der Waals surface area contributed by atoms with Crippen LogP contribution in [0.25, 0.3) is 0 Å². The van der Waals surface area contributed by atoms with Gasteiger partial charge < -0.3 is 0 Å². The quantitative estimate of drug-likeness (QED) is 0.512. The smallest absolute Gasteiger partial charge is 0.166 e. The van der Waals surface area contributed by atoms with Crippen molar-refractivity contribution in [2.45, 2.75) is 0 Å². The molecule has 0 radical (unpaired) electrons. The van der Waals surface area contributed by atoms with E-state index >= 15 is 0 Å². The molecule has 58 valence electrons. The lowest BCUT2D eigenvalue weighted by atomic mass is 10.1. The highest BCUT2D eigenvalue weighted by Crippen LogP contribution is 2.10. The Hall–Kier alpha value is -0.390. The van der Waals surface area contributed by atoms with Crippen molar-refractivity contribution in [3.63, 3.8) is 0 Å². The van der Waals surface area contributed by atoms with Gasteiger partial charge >= 0.3 is 0 Å². The van der Waals surface area contributed by atoms with Gasteiger partial charge in [0.2, 0.25) is 0 Å². The van der Waals surface area contributed by atoms with Crippen LogP contribution in [0.5, 0.6) is 0 Å².